The largest absolute Gasteiger partial charge is 0.508 e. The number of phenols is 2. The van der Waals surface area contributed by atoms with Gasteiger partial charge in [-0.1, -0.05) is 12.1 Å². The minimum absolute atomic E-state index is 0.0866. The summed E-state index contributed by atoms with van der Waals surface area (Å²) < 4.78 is 4.10. The molecule has 0 unspecified atom stereocenters. The van der Waals surface area contributed by atoms with E-state index in [4.69, 9.17) is 11.6 Å². The molecule has 4 rings (SSSR count). The van der Waals surface area contributed by atoms with E-state index in [1.54, 1.807) is 29.4 Å². The summed E-state index contributed by atoms with van der Waals surface area (Å²) in [6.45, 7) is 2.17. The lowest BCUT2D eigenvalue weighted by Crippen LogP contribution is -2.30. The Bertz CT molecular complexity index is 1230. The summed E-state index contributed by atoms with van der Waals surface area (Å²) in [7, 11) is 0. The molecule has 2 N–H and O–H groups in total. The number of amides is 1. The molecule has 2 aromatic carbocycles. The average Bonchev–Trinajstić information content (AvgIpc) is 3.27. The predicted octanol–water partition coefficient (Wildman–Crippen LogP) is 4.82. The molecule has 0 aliphatic carbocycles. The Labute approximate surface area is 187 Å². The van der Waals surface area contributed by atoms with Crippen molar-refractivity contribution in [2.75, 3.05) is 4.90 Å². The summed E-state index contributed by atoms with van der Waals surface area (Å²) in [5, 5.41) is 21.8. The number of aromatic nitrogens is 3. The number of halogens is 1. The first-order valence-electron chi connectivity index (χ1n) is 9.24. The summed E-state index contributed by atoms with van der Waals surface area (Å²) >= 11 is 7.24. The third-order valence-electron chi connectivity index (χ3n) is 4.68. The van der Waals surface area contributed by atoms with Crippen molar-refractivity contribution in [3.05, 3.63) is 82.2 Å². The molecule has 4 aromatic rings. The zero-order valence-electron chi connectivity index (χ0n) is 16.4. The van der Waals surface area contributed by atoms with E-state index in [1.807, 2.05) is 24.4 Å². The maximum Gasteiger partial charge on any atom is 0.262 e. The molecular formula is C22H17ClN4O3S. The van der Waals surface area contributed by atoms with E-state index in [-0.39, 0.29) is 28.9 Å². The monoisotopic (exact) mass is 452 g/mol. The minimum atomic E-state index is -0.405. The van der Waals surface area contributed by atoms with Gasteiger partial charge in [0.15, 0.2) is 0 Å². The second-order valence-electron chi connectivity index (χ2n) is 6.84. The minimum Gasteiger partial charge on any atom is -0.508 e. The van der Waals surface area contributed by atoms with Crippen molar-refractivity contribution in [3.8, 4) is 22.8 Å². The zero-order valence-corrected chi connectivity index (χ0v) is 17.9. The second-order valence-corrected chi connectivity index (χ2v) is 7.84. The van der Waals surface area contributed by atoms with Crippen LogP contribution in [0.2, 0.25) is 5.28 Å². The highest BCUT2D eigenvalue weighted by Gasteiger charge is 2.22. The molecule has 2 aromatic heterocycles. The maximum absolute atomic E-state index is 13.3. The molecule has 0 fully saturated rings. The molecule has 0 radical (unpaired) electrons. The van der Waals surface area contributed by atoms with Gasteiger partial charge in [0.1, 0.15) is 11.5 Å². The van der Waals surface area contributed by atoms with E-state index in [0.29, 0.717) is 11.4 Å². The zero-order chi connectivity index (χ0) is 22.0. The summed E-state index contributed by atoms with van der Waals surface area (Å²) in [5.41, 5.74) is 4.00. The molecule has 0 bridgehead atoms. The maximum atomic E-state index is 13.3. The highest BCUT2D eigenvalue weighted by atomic mass is 35.5. The van der Waals surface area contributed by atoms with E-state index < -0.39 is 5.91 Å². The smallest absolute Gasteiger partial charge is 0.262 e. The highest BCUT2D eigenvalue weighted by Crippen LogP contribution is 2.29. The molecule has 7 nitrogen and oxygen atoms in total. The second kappa shape index (κ2) is 8.71. The topological polar surface area (TPSA) is 99.4 Å². The number of benzene rings is 2. The van der Waals surface area contributed by atoms with Crippen LogP contribution in [0.5, 0.6) is 11.5 Å². The Morgan fingerprint density at radius 2 is 1.90 bits per heavy atom. The van der Waals surface area contributed by atoms with E-state index in [2.05, 4.69) is 14.3 Å². The fraction of sp³-hybridized carbons (Fsp3) is 0.0909. The number of hydrogen-bond donors (Lipinski definition) is 2. The summed E-state index contributed by atoms with van der Waals surface area (Å²) in [6, 6.07) is 11.2. The standard InChI is InChI=1S/C22H17ClN4O3S/c1-13-9-24-22(23)26-20(13)15-2-4-16(5-3-15)27(11-14-10-25-31-12-14)21(30)18-7-6-17(28)8-19(18)29/h2-10,12,28-29H,11H2,1H3. The number of carbonyl (C=O) groups is 1. The quantitative estimate of drug-likeness (QED) is 0.421. The van der Waals surface area contributed by atoms with Crippen LogP contribution >= 0.6 is 23.1 Å². The van der Waals surface area contributed by atoms with Crippen molar-refractivity contribution in [1.29, 1.82) is 0 Å². The molecular weight excluding hydrogens is 436 g/mol. The molecule has 0 atom stereocenters. The molecule has 0 saturated heterocycles. The van der Waals surface area contributed by atoms with E-state index >= 15 is 0 Å². The molecule has 2 heterocycles. The molecule has 0 spiro atoms. The number of aryl methyl sites for hydroxylation is 1. The number of rotatable bonds is 5. The molecule has 9 heteroatoms. The Morgan fingerprint density at radius 1 is 1.13 bits per heavy atom. The lowest BCUT2D eigenvalue weighted by atomic mass is 10.1. The Hall–Kier alpha value is -3.49. The van der Waals surface area contributed by atoms with E-state index in [9.17, 15) is 15.0 Å². The Balaban J connectivity index is 1.71. The van der Waals surface area contributed by atoms with Crippen LogP contribution in [0.15, 0.2) is 60.2 Å². The molecule has 0 aliphatic rings. The van der Waals surface area contributed by atoms with Crippen molar-refractivity contribution in [1.82, 2.24) is 14.3 Å². The van der Waals surface area contributed by atoms with Crippen LogP contribution < -0.4 is 4.90 Å². The molecule has 31 heavy (non-hydrogen) atoms. The van der Waals surface area contributed by atoms with Gasteiger partial charge in [0, 0.05) is 40.7 Å². The van der Waals surface area contributed by atoms with Crippen LogP contribution in [-0.4, -0.2) is 30.5 Å². The highest BCUT2D eigenvalue weighted by molar-refractivity contribution is 7.03. The van der Waals surface area contributed by atoms with Crippen molar-refractivity contribution in [2.24, 2.45) is 0 Å². The van der Waals surface area contributed by atoms with Crippen LogP contribution in [0.1, 0.15) is 21.5 Å². The first-order valence-corrected chi connectivity index (χ1v) is 10.5. The van der Waals surface area contributed by atoms with Crippen molar-refractivity contribution in [2.45, 2.75) is 13.5 Å². The van der Waals surface area contributed by atoms with Gasteiger partial charge < -0.3 is 15.1 Å². The SMILES string of the molecule is Cc1cnc(Cl)nc1-c1ccc(N(Cc2cnsc2)C(=O)c2ccc(O)cc2O)cc1. The van der Waals surface area contributed by atoms with Gasteiger partial charge in [0.2, 0.25) is 5.28 Å². The fourth-order valence-electron chi connectivity index (χ4n) is 3.13. The van der Waals surface area contributed by atoms with Gasteiger partial charge in [0.05, 0.1) is 17.8 Å². The Kier molecular flexibility index (Phi) is 5.83. The summed E-state index contributed by atoms with van der Waals surface area (Å²) in [5.74, 6) is -0.815. The molecule has 1 amide bonds. The van der Waals surface area contributed by atoms with Crippen molar-refractivity contribution in [3.63, 3.8) is 0 Å². The number of nitrogens with zero attached hydrogens (tertiary/aromatic N) is 4. The van der Waals surface area contributed by atoms with Crippen molar-refractivity contribution >= 4 is 34.7 Å². The third-order valence-corrected chi connectivity index (χ3v) is 5.49. The van der Waals surface area contributed by atoms with Gasteiger partial charge in [-0.2, -0.15) is 0 Å². The van der Waals surface area contributed by atoms with Crippen LogP contribution in [0.3, 0.4) is 0 Å². The first kappa shape index (κ1) is 20.8. The number of phenolic OH excluding ortho intramolecular Hbond substituents is 2. The molecule has 0 aliphatic heterocycles. The van der Waals surface area contributed by atoms with E-state index in [0.717, 1.165) is 22.8 Å². The average molecular weight is 453 g/mol. The van der Waals surface area contributed by atoms with Gasteiger partial charge in [-0.25, -0.2) is 14.3 Å². The lowest BCUT2D eigenvalue weighted by molar-refractivity contribution is 0.0982. The number of aromatic hydroxyl groups is 2. The third kappa shape index (κ3) is 4.50. The summed E-state index contributed by atoms with van der Waals surface area (Å²) in [4.78, 5) is 23.1. The van der Waals surface area contributed by atoms with Crippen LogP contribution in [0.25, 0.3) is 11.3 Å². The number of hydrogen-bond acceptors (Lipinski definition) is 7. The first-order chi connectivity index (χ1) is 14.9. The fourth-order valence-corrected chi connectivity index (χ4v) is 3.79. The predicted molar refractivity (Wildman–Crippen MR) is 120 cm³/mol. The van der Waals surface area contributed by atoms with Gasteiger partial charge in [0.25, 0.3) is 5.91 Å². The van der Waals surface area contributed by atoms with Crippen LogP contribution in [-0.2, 0) is 6.54 Å². The van der Waals surface area contributed by atoms with Gasteiger partial charge in [-0.15, -0.1) is 0 Å². The Morgan fingerprint density at radius 3 is 2.58 bits per heavy atom. The lowest BCUT2D eigenvalue weighted by Gasteiger charge is -2.23. The van der Waals surface area contributed by atoms with E-state index in [1.165, 1.54) is 23.7 Å². The van der Waals surface area contributed by atoms with Gasteiger partial charge >= 0.3 is 0 Å². The normalized spacial score (nSPS) is 10.8. The van der Waals surface area contributed by atoms with Gasteiger partial charge in [-0.05, 0) is 59.9 Å². The summed E-state index contributed by atoms with van der Waals surface area (Å²) in [6.07, 6.45) is 3.35. The number of anilines is 1. The number of carbonyl (C=O) groups excluding carboxylic acids is 1. The molecule has 156 valence electrons. The van der Waals surface area contributed by atoms with Crippen LogP contribution in [0.4, 0.5) is 5.69 Å². The van der Waals surface area contributed by atoms with Crippen molar-refractivity contribution < 1.29 is 15.0 Å². The van der Waals surface area contributed by atoms with Gasteiger partial charge in [-0.3, -0.25) is 4.79 Å². The van der Waals surface area contributed by atoms with Crippen LogP contribution in [0, 0.1) is 6.92 Å². The molecule has 0 saturated carbocycles.